The van der Waals surface area contributed by atoms with Crippen LogP contribution in [0.15, 0.2) is 0 Å². The lowest BCUT2D eigenvalue weighted by Gasteiger charge is -2.33. The van der Waals surface area contributed by atoms with Crippen LogP contribution >= 0.6 is 0 Å². The first-order chi connectivity index (χ1) is 5.77. The summed E-state index contributed by atoms with van der Waals surface area (Å²) in [6, 6.07) is 0. The van der Waals surface area contributed by atoms with Crippen LogP contribution in [0, 0.1) is 0 Å². The van der Waals surface area contributed by atoms with Crippen LogP contribution in [0.4, 0.5) is 0 Å². The topological polar surface area (TPSA) is 35.6 Å². The zero-order valence-electron chi connectivity index (χ0n) is 7.84. The largest absolute Gasteiger partial charge is 0.340 e. The molecule has 0 bridgehead atoms. The predicted molar refractivity (Wildman–Crippen MR) is 47.5 cm³/mol. The maximum Gasteiger partial charge on any atom is 0.222 e. The van der Waals surface area contributed by atoms with Crippen molar-refractivity contribution in [3.63, 3.8) is 0 Å². The number of rotatable bonds is 2. The smallest absolute Gasteiger partial charge is 0.222 e. The number of hydrazine groups is 1. The van der Waals surface area contributed by atoms with Gasteiger partial charge in [-0.3, -0.25) is 10.2 Å². The minimum atomic E-state index is 0.269. The fourth-order valence-corrected chi connectivity index (χ4v) is 1.40. The van der Waals surface area contributed by atoms with Gasteiger partial charge in [-0.15, -0.1) is 0 Å². The molecule has 0 atom stereocenters. The summed E-state index contributed by atoms with van der Waals surface area (Å²) in [7, 11) is 1.91. The zero-order chi connectivity index (χ0) is 8.97. The Hall–Kier alpha value is -0.610. The highest BCUT2D eigenvalue weighted by atomic mass is 16.2. The maximum atomic E-state index is 11.2. The van der Waals surface area contributed by atoms with E-state index in [1.54, 1.807) is 0 Å². The van der Waals surface area contributed by atoms with Crippen LogP contribution in [0.2, 0.25) is 0 Å². The van der Waals surface area contributed by atoms with Gasteiger partial charge in [-0.1, -0.05) is 6.92 Å². The predicted octanol–water partition coefficient (Wildman–Crippen LogP) is -0.325. The third kappa shape index (κ3) is 2.19. The van der Waals surface area contributed by atoms with Crippen LogP contribution < -0.4 is 5.43 Å². The highest BCUT2D eigenvalue weighted by Crippen LogP contribution is 2.00. The molecule has 70 valence electrons. The molecule has 1 amide bonds. The third-order valence-corrected chi connectivity index (χ3v) is 2.25. The van der Waals surface area contributed by atoms with E-state index in [1.807, 2.05) is 18.9 Å². The summed E-state index contributed by atoms with van der Waals surface area (Å²) in [5.41, 5.74) is 3.08. The molecular formula is C8H17N3O. The molecule has 1 aliphatic heterocycles. The van der Waals surface area contributed by atoms with Crippen molar-refractivity contribution in [1.29, 1.82) is 0 Å². The number of piperazine rings is 1. The molecule has 1 fully saturated rings. The molecule has 1 aliphatic rings. The van der Waals surface area contributed by atoms with Crippen molar-refractivity contribution in [2.24, 2.45) is 0 Å². The molecule has 0 aliphatic carbocycles. The summed E-state index contributed by atoms with van der Waals surface area (Å²) in [6.45, 7) is 5.48. The Morgan fingerprint density at radius 1 is 1.33 bits per heavy atom. The van der Waals surface area contributed by atoms with Crippen LogP contribution in [-0.4, -0.2) is 49.0 Å². The second-order valence-electron chi connectivity index (χ2n) is 2.94. The SMILES string of the molecule is CCC(=O)N1CCN(NC)CC1. The molecule has 0 aromatic heterocycles. The second kappa shape index (κ2) is 4.42. The molecule has 12 heavy (non-hydrogen) atoms. The molecule has 0 radical (unpaired) electrons. The fourth-order valence-electron chi connectivity index (χ4n) is 1.40. The minimum Gasteiger partial charge on any atom is -0.340 e. The number of hydrogen-bond donors (Lipinski definition) is 1. The summed E-state index contributed by atoms with van der Waals surface area (Å²) in [5, 5.41) is 2.12. The first-order valence-electron chi connectivity index (χ1n) is 4.48. The summed E-state index contributed by atoms with van der Waals surface area (Å²) < 4.78 is 0. The van der Waals surface area contributed by atoms with Crippen molar-refractivity contribution >= 4 is 5.91 Å². The van der Waals surface area contributed by atoms with Crippen molar-refractivity contribution in [2.45, 2.75) is 13.3 Å². The Morgan fingerprint density at radius 3 is 2.33 bits per heavy atom. The zero-order valence-corrected chi connectivity index (χ0v) is 7.84. The lowest BCUT2D eigenvalue weighted by molar-refractivity contribution is -0.132. The number of carbonyl (C=O) groups excluding carboxylic acids is 1. The Labute approximate surface area is 73.5 Å². The van der Waals surface area contributed by atoms with Gasteiger partial charge in [0.05, 0.1) is 0 Å². The summed E-state index contributed by atoms with van der Waals surface area (Å²) >= 11 is 0. The van der Waals surface area contributed by atoms with E-state index in [0.717, 1.165) is 26.2 Å². The molecule has 1 saturated heterocycles. The molecule has 0 aromatic rings. The fraction of sp³-hybridized carbons (Fsp3) is 0.875. The van der Waals surface area contributed by atoms with Crippen molar-refractivity contribution in [3.8, 4) is 0 Å². The van der Waals surface area contributed by atoms with E-state index in [9.17, 15) is 4.79 Å². The number of amides is 1. The second-order valence-corrected chi connectivity index (χ2v) is 2.94. The molecule has 4 heteroatoms. The lowest BCUT2D eigenvalue weighted by atomic mass is 10.3. The van der Waals surface area contributed by atoms with Crippen LogP contribution in [-0.2, 0) is 4.79 Å². The highest BCUT2D eigenvalue weighted by molar-refractivity contribution is 5.75. The van der Waals surface area contributed by atoms with Crippen molar-refractivity contribution in [1.82, 2.24) is 15.3 Å². The van der Waals surface area contributed by atoms with Gasteiger partial charge in [0.2, 0.25) is 5.91 Å². The number of carbonyl (C=O) groups is 1. The molecule has 0 unspecified atom stereocenters. The van der Waals surface area contributed by atoms with Gasteiger partial charge in [-0.2, -0.15) is 0 Å². The van der Waals surface area contributed by atoms with Gasteiger partial charge >= 0.3 is 0 Å². The third-order valence-electron chi connectivity index (χ3n) is 2.25. The lowest BCUT2D eigenvalue weighted by Crippen LogP contribution is -2.52. The Balaban J connectivity index is 2.30. The molecule has 4 nitrogen and oxygen atoms in total. The molecular weight excluding hydrogens is 154 g/mol. The van der Waals surface area contributed by atoms with Crippen LogP contribution in [0.5, 0.6) is 0 Å². The molecule has 1 heterocycles. The summed E-state index contributed by atoms with van der Waals surface area (Å²) in [5.74, 6) is 0.269. The number of nitrogens with zero attached hydrogens (tertiary/aromatic N) is 2. The van der Waals surface area contributed by atoms with E-state index >= 15 is 0 Å². The monoisotopic (exact) mass is 171 g/mol. The number of hydrogen-bond acceptors (Lipinski definition) is 3. The molecule has 0 spiro atoms. The van der Waals surface area contributed by atoms with Crippen molar-refractivity contribution < 1.29 is 4.79 Å². The van der Waals surface area contributed by atoms with Crippen LogP contribution in [0.3, 0.4) is 0 Å². The maximum absolute atomic E-state index is 11.2. The first-order valence-corrected chi connectivity index (χ1v) is 4.48. The molecule has 1 N–H and O–H groups in total. The van der Waals surface area contributed by atoms with E-state index in [4.69, 9.17) is 0 Å². The Kier molecular flexibility index (Phi) is 3.49. The quantitative estimate of drug-likeness (QED) is 0.618. The van der Waals surface area contributed by atoms with Crippen LogP contribution in [0.1, 0.15) is 13.3 Å². The van der Waals surface area contributed by atoms with Crippen molar-refractivity contribution in [3.05, 3.63) is 0 Å². The average Bonchev–Trinajstić information content (AvgIpc) is 2.17. The van der Waals surface area contributed by atoms with E-state index < -0.39 is 0 Å². The van der Waals surface area contributed by atoms with Gasteiger partial charge in [0, 0.05) is 32.6 Å². The number of nitrogens with one attached hydrogen (secondary N) is 1. The molecule has 0 saturated carbocycles. The van der Waals surface area contributed by atoms with Crippen LogP contribution in [0.25, 0.3) is 0 Å². The first kappa shape index (κ1) is 9.48. The average molecular weight is 171 g/mol. The molecule has 1 rings (SSSR count). The minimum absolute atomic E-state index is 0.269. The van der Waals surface area contributed by atoms with Gasteiger partial charge in [-0.25, -0.2) is 5.01 Å². The van der Waals surface area contributed by atoms with E-state index in [2.05, 4.69) is 10.4 Å². The molecule has 0 aromatic carbocycles. The van der Waals surface area contributed by atoms with Gasteiger partial charge in [-0.05, 0) is 7.05 Å². The normalized spacial score (nSPS) is 19.7. The van der Waals surface area contributed by atoms with E-state index in [-0.39, 0.29) is 5.91 Å². The van der Waals surface area contributed by atoms with Gasteiger partial charge in [0.15, 0.2) is 0 Å². The van der Waals surface area contributed by atoms with E-state index in [0.29, 0.717) is 6.42 Å². The Bertz CT molecular complexity index is 152. The van der Waals surface area contributed by atoms with E-state index in [1.165, 1.54) is 0 Å². The van der Waals surface area contributed by atoms with Crippen molar-refractivity contribution in [2.75, 3.05) is 33.2 Å². The standard InChI is InChI=1S/C8H17N3O/c1-3-8(12)10-4-6-11(9-2)7-5-10/h9H,3-7H2,1-2H3. The van der Waals surface area contributed by atoms with Gasteiger partial charge in [0.1, 0.15) is 0 Å². The summed E-state index contributed by atoms with van der Waals surface area (Å²) in [4.78, 5) is 13.2. The highest BCUT2D eigenvalue weighted by Gasteiger charge is 2.18. The Morgan fingerprint density at radius 2 is 1.92 bits per heavy atom. The van der Waals surface area contributed by atoms with Gasteiger partial charge in [0.25, 0.3) is 0 Å². The summed E-state index contributed by atoms with van der Waals surface area (Å²) in [6.07, 6.45) is 0.625. The van der Waals surface area contributed by atoms with Gasteiger partial charge < -0.3 is 4.90 Å².